The summed E-state index contributed by atoms with van der Waals surface area (Å²) in [6.07, 6.45) is 1.92. The Hall–Kier alpha value is -2.63. The highest BCUT2D eigenvalue weighted by Crippen LogP contribution is 2.22. The molecule has 0 aliphatic carbocycles. The van der Waals surface area contributed by atoms with Crippen LogP contribution in [0.1, 0.15) is 12.6 Å². The summed E-state index contributed by atoms with van der Waals surface area (Å²) in [4.78, 5) is 21.2. The zero-order valence-electron chi connectivity index (χ0n) is 12.3. The molecular weight excluding hydrogens is 266 g/mol. The van der Waals surface area contributed by atoms with E-state index in [1.165, 1.54) is 0 Å². The smallest absolute Gasteiger partial charge is 0.261 e. The van der Waals surface area contributed by atoms with Gasteiger partial charge in [0, 0.05) is 25.2 Å². The van der Waals surface area contributed by atoms with Crippen LogP contribution in [0, 0.1) is 6.92 Å². The molecule has 0 saturated carbocycles. The van der Waals surface area contributed by atoms with Gasteiger partial charge in [-0.15, -0.1) is 0 Å². The third-order valence-electron chi connectivity index (χ3n) is 3.69. The summed E-state index contributed by atoms with van der Waals surface area (Å²) in [5, 5.41) is 0.849. The van der Waals surface area contributed by atoms with Gasteiger partial charge in [0.2, 0.25) is 5.95 Å². The Morgan fingerprint density at radius 1 is 1.33 bits per heavy atom. The molecule has 0 amide bonds. The molecule has 3 heterocycles. The molecule has 3 rings (SSSR count). The molecule has 6 nitrogen and oxygen atoms in total. The van der Waals surface area contributed by atoms with E-state index < -0.39 is 0 Å². The molecule has 3 aromatic rings. The standard InChI is InChI=1S/C15H17N5O/c1-4-20-13-10(9(2)17-15(16)18-13)8-11(14(20)21)12-6-5-7-19(12)3/h5-8H,4H2,1-3H3,(H2,16,17,18). The van der Waals surface area contributed by atoms with Crippen molar-refractivity contribution in [3.8, 4) is 11.3 Å². The summed E-state index contributed by atoms with van der Waals surface area (Å²) in [6.45, 7) is 4.33. The lowest BCUT2D eigenvalue weighted by Gasteiger charge is -2.12. The Balaban J connectivity index is 2.47. The summed E-state index contributed by atoms with van der Waals surface area (Å²) in [5.41, 5.74) is 8.53. The number of fused-ring (bicyclic) bond motifs is 1. The van der Waals surface area contributed by atoms with Crippen molar-refractivity contribution in [2.75, 3.05) is 5.73 Å². The number of nitrogens with two attached hydrogens (primary N) is 1. The van der Waals surface area contributed by atoms with Gasteiger partial charge in [0.25, 0.3) is 5.56 Å². The van der Waals surface area contributed by atoms with Gasteiger partial charge in [0.15, 0.2) is 0 Å². The maximum absolute atomic E-state index is 12.7. The number of hydrogen-bond donors (Lipinski definition) is 1. The van der Waals surface area contributed by atoms with Gasteiger partial charge in [0.05, 0.1) is 17.0 Å². The van der Waals surface area contributed by atoms with Crippen LogP contribution in [0.25, 0.3) is 22.3 Å². The van der Waals surface area contributed by atoms with Crippen molar-refractivity contribution >= 4 is 17.0 Å². The Bertz CT molecular complexity index is 891. The molecule has 0 unspecified atom stereocenters. The van der Waals surface area contributed by atoms with Crippen molar-refractivity contribution in [1.82, 2.24) is 19.1 Å². The maximum atomic E-state index is 12.7. The SMILES string of the molecule is CCn1c(=O)c(-c2cccn2C)cc2c(C)nc(N)nc21. The fourth-order valence-electron chi connectivity index (χ4n) is 2.63. The number of rotatable bonds is 2. The number of nitrogens with zero attached hydrogens (tertiary/aromatic N) is 4. The summed E-state index contributed by atoms with van der Waals surface area (Å²) >= 11 is 0. The van der Waals surface area contributed by atoms with E-state index >= 15 is 0 Å². The molecule has 0 aromatic carbocycles. The van der Waals surface area contributed by atoms with Crippen molar-refractivity contribution < 1.29 is 0 Å². The number of anilines is 1. The minimum absolute atomic E-state index is 0.0655. The highest BCUT2D eigenvalue weighted by atomic mass is 16.1. The molecule has 0 aliphatic heterocycles. The van der Waals surface area contributed by atoms with Crippen LogP contribution in [0.3, 0.4) is 0 Å². The largest absolute Gasteiger partial charge is 0.368 e. The van der Waals surface area contributed by atoms with Gasteiger partial charge in [-0.2, -0.15) is 4.98 Å². The topological polar surface area (TPSA) is 78.7 Å². The van der Waals surface area contributed by atoms with Gasteiger partial charge < -0.3 is 10.3 Å². The average Bonchev–Trinajstić information content (AvgIpc) is 2.84. The van der Waals surface area contributed by atoms with E-state index in [1.807, 2.05) is 49.9 Å². The molecule has 108 valence electrons. The van der Waals surface area contributed by atoms with E-state index in [4.69, 9.17) is 5.73 Å². The van der Waals surface area contributed by atoms with Gasteiger partial charge in [-0.3, -0.25) is 9.36 Å². The lowest BCUT2D eigenvalue weighted by molar-refractivity contribution is 0.748. The predicted octanol–water partition coefficient (Wildman–Crippen LogP) is 1.71. The quantitative estimate of drug-likeness (QED) is 0.776. The Morgan fingerprint density at radius 2 is 2.10 bits per heavy atom. The number of aromatic nitrogens is 4. The van der Waals surface area contributed by atoms with Crippen LogP contribution < -0.4 is 11.3 Å². The first-order valence-corrected chi connectivity index (χ1v) is 6.82. The number of aryl methyl sites for hydroxylation is 3. The van der Waals surface area contributed by atoms with E-state index in [2.05, 4.69) is 9.97 Å². The first-order valence-electron chi connectivity index (χ1n) is 6.82. The second-order valence-electron chi connectivity index (χ2n) is 5.02. The van der Waals surface area contributed by atoms with Crippen LogP contribution >= 0.6 is 0 Å². The van der Waals surface area contributed by atoms with E-state index in [-0.39, 0.29) is 11.5 Å². The van der Waals surface area contributed by atoms with Gasteiger partial charge in [0.1, 0.15) is 5.65 Å². The van der Waals surface area contributed by atoms with Crippen LogP contribution in [0.4, 0.5) is 5.95 Å². The predicted molar refractivity (Wildman–Crippen MR) is 83.0 cm³/mol. The Morgan fingerprint density at radius 3 is 2.71 bits per heavy atom. The van der Waals surface area contributed by atoms with Crippen molar-refractivity contribution in [2.45, 2.75) is 20.4 Å². The molecular formula is C15H17N5O. The van der Waals surface area contributed by atoms with Crippen LogP contribution in [0.2, 0.25) is 0 Å². The molecule has 0 spiro atoms. The lowest BCUT2D eigenvalue weighted by atomic mass is 10.1. The molecule has 0 radical (unpaired) electrons. The molecule has 0 saturated heterocycles. The first kappa shape index (κ1) is 13.4. The van der Waals surface area contributed by atoms with Crippen LogP contribution in [-0.4, -0.2) is 19.1 Å². The minimum Gasteiger partial charge on any atom is -0.368 e. The van der Waals surface area contributed by atoms with Gasteiger partial charge in [-0.1, -0.05) is 0 Å². The van der Waals surface area contributed by atoms with Gasteiger partial charge in [-0.25, -0.2) is 4.98 Å². The Kier molecular flexibility index (Phi) is 3.01. The first-order chi connectivity index (χ1) is 10.0. The summed E-state index contributed by atoms with van der Waals surface area (Å²) < 4.78 is 3.57. The normalized spacial score (nSPS) is 11.2. The number of nitrogen functional groups attached to an aromatic ring is 1. The molecule has 2 N–H and O–H groups in total. The van der Waals surface area contributed by atoms with E-state index in [1.54, 1.807) is 4.57 Å². The molecule has 3 aromatic heterocycles. The highest BCUT2D eigenvalue weighted by Gasteiger charge is 2.15. The molecule has 21 heavy (non-hydrogen) atoms. The van der Waals surface area contributed by atoms with E-state index in [0.717, 1.165) is 16.8 Å². The maximum Gasteiger partial charge on any atom is 0.261 e. The van der Waals surface area contributed by atoms with E-state index in [9.17, 15) is 4.79 Å². The summed E-state index contributed by atoms with van der Waals surface area (Å²) in [5.74, 6) is 0.188. The van der Waals surface area contributed by atoms with Crippen LogP contribution in [0.15, 0.2) is 29.2 Å². The minimum atomic E-state index is -0.0655. The zero-order valence-corrected chi connectivity index (χ0v) is 12.3. The summed E-state index contributed by atoms with van der Waals surface area (Å²) in [6, 6.07) is 5.70. The van der Waals surface area contributed by atoms with Crippen molar-refractivity contribution in [2.24, 2.45) is 7.05 Å². The molecule has 0 bridgehead atoms. The fraction of sp³-hybridized carbons (Fsp3) is 0.267. The van der Waals surface area contributed by atoms with Crippen molar-refractivity contribution in [1.29, 1.82) is 0 Å². The zero-order chi connectivity index (χ0) is 15.1. The monoisotopic (exact) mass is 283 g/mol. The second kappa shape index (κ2) is 4.73. The van der Waals surface area contributed by atoms with Gasteiger partial charge in [-0.05, 0) is 32.0 Å². The Labute approximate surface area is 121 Å². The number of hydrogen-bond acceptors (Lipinski definition) is 4. The lowest BCUT2D eigenvalue weighted by Crippen LogP contribution is -2.23. The fourth-order valence-corrected chi connectivity index (χ4v) is 2.63. The molecule has 0 atom stereocenters. The van der Waals surface area contributed by atoms with Crippen molar-refractivity contribution in [3.63, 3.8) is 0 Å². The average molecular weight is 283 g/mol. The van der Waals surface area contributed by atoms with Crippen molar-refractivity contribution in [3.05, 3.63) is 40.4 Å². The number of pyridine rings is 1. The molecule has 6 heteroatoms. The van der Waals surface area contributed by atoms with E-state index in [0.29, 0.717) is 17.8 Å². The third-order valence-corrected chi connectivity index (χ3v) is 3.69. The molecule has 0 fully saturated rings. The summed E-state index contributed by atoms with van der Waals surface area (Å²) in [7, 11) is 1.92. The highest BCUT2D eigenvalue weighted by molar-refractivity contribution is 5.83. The molecule has 0 aliphatic rings. The van der Waals surface area contributed by atoms with Gasteiger partial charge >= 0.3 is 0 Å². The van der Waals surface area contributed by atoms with Crippen LogP contribution in [0.5, 0.6) is 0 Å². The third kappa shape index (κ3) is 1.99. The second-order valence-corrected chi connectivity index (χ2v) is 5.02. The van der Waals surface area contributed by atoms with Crippen LogP contribution in [-0.2, 0) is 13.6 Å².